The minimum atomic E-state index is -0.490. The normalized spacial score (nSPS) is 10.7. The Labute approximate surface area is 193 Å². The molecule has 0 atom stereocenters. The van der Waals surface area contributed by atoms with E-state index in [1.165, 1.54) is 0 Å². The Kier molecular flexibility index (Phi) is 8.77. The largest absolute Gasteiger partial charge is 0.497 e. The van der Waals surface area contributed by atoms with Gasteiger partial charge in [0.15, 0.2) is 0 Å². The predicted octanol–water partition coefficient (Wildman–Crippen LogP) is 6.01. The number of aliphatic imine (C=N–C) groups is 1. The third-order valence-electron chi connectivity index (χ3n) is 4.86. The number of ether oxygens (including phenoxy) is 3. The van der Waals surface area contributed by atoms with Gasteiger partial charge < -0.3 is 14.2 Å². The van der Waals surface area contributed by atoms with Crippen LogP contribution in [0.3, 0.4) is 0 Å². The monoisotopic (exact) mass is 445 g/mol. The van der Waals surface area contributed by atoms with Crippen LogP contribution >= 0.6 is 0 Å². The summed E-state index contributed by atoms with van der Waals surface area (Å²) in [6.07, 6.45) is 4.68. The molecule has 0 aromatic heterocycles. The highest BCUT2D eigenvalue weighted by Gasteiger charge is 2.11. The lowest BCUT2D eigenvalue weighted by Crippen LogP contribution is -2.09. The van der Waals surface area contributed by atoms with Crippen LogP contribution in [0.2, 0.25) is 0 Å². The fourth-order valence-corrected chi connectivity index (χ4v) is 2.95. The molecular formula is C27H27NO5. The van der Waals surface area contributed by atoms with Crippen LogP contribution in [0.4, 0.5) is 5.69 Å². The van der Waals surface area contributed by atoms with E-state index in [2.05, 4.69) is 11.9 Å². The van der Waals surface area contributed by atoms with Crippen LogP contribution in [-0.2, 0) is 4.74 Å². The van der Waals surface area contributed by atoms with E-state index in [1.807, 2.05) is 24.3 Å². The van der Waals surface area contributed by atoms with Gasteiger partial charge in [-0.1, -0.05) is 19.8 Å². The lowest BCUT2D eigenvalue weighted by molar-refractivity contribution is 0.0498. The van der Waals surface area contributed by atoms with Crippen molar-refractivity contribution >= 4 is 23.8 Å². The van der Waals surface area contributed by atoms with Gasteiger partial charge >= 0.3 is 11.9 Å². The summed E-state index contributed by atoms with van der Waals surface area (Å²) in [5.41, 5.74) is 2.47. The number of benzene rings is 3. The first-order valence-corrected chi connectivity index (χ1v) is 10.9. The van der Waals surface area contributed by atoms with Gasteiger partial charge in [-0.2, -0.15) is 0 Å². The number of carbonyl (C=O) groups excluding carboxylic acids is 2. The molecule has 0 aliphatic rings. The highest BCUT2D eigenvalue weighted by molar-refractivity contribution is 5.92. The highest BCUT2D eigenvalue weighted by Crippen LogP contribution is 2.18. The molecule has 3 rings (SSSR count). The van der Waals surface area contributed by atoms with E-state index in [1.54, 1.807) is 61.9 Å². The second-order valence-electron chi connectivity index (χ2n) is 7.34. The van der Waals surface area contributed by atoms with Crippen molar-refractivity contribution in [2.24, 2.45) is 4.99 Å². The zero-order valence-corrected chi connectivity index (χ0v) is 18.8. The SMILES string of the molecule is CCCCCOC(=O)c1ccc(OC(=O)c2ccc(N=Cc3ccc(OC)cc3)cc2)cc1. The summed E-state index contributed by atoms with van der Waals surface area (Å²) >= 11 is 0. The number of hydrogen-bond donors (Lipinski definition) is 0. The third kappa shape index (κ3) is 7.31. The number of methoxy groups -OCH3 is 1. The van der Waals surface area contributed by atoms with E-state index >= 15 is 0 Å². The van der Waals surface area contributed by atoms with Crippen LogP contribution < -0.4 is 9.47 Å². The number of nitrogens with zero attached hydrogens (tertiary/aromatic N) is 1. The molecule has 0 heterocycles. The fourth-order valence-electron chi connectivity index (χ4n) is 2.95. The first-order chi connectivity index (χ1) is 16.1. The summed E-state index contributed by atoms with van der Waals surface area (Å²) in [5, 5.41) is 0. The second-order valence-corrected chi connectivity index (χ2v) is 7.34. The first-order valence-electron chi connectivity index (χ1n) is 10.9. The van der Waals surface area contributed by atoms with Crippen LogP contribution in [-0.4, -0.2) is 31.9 Å². The Morgan fingerprint density at radius 3 is 2.03 bits per heavy atom. The molecule has 0 fully saturated rings. The van der Waals surface area contributed by atoms with E-state index in [0.29, 0.717) is 29.2 Å². The Balaban J connectivity index is 1.53. The van der Waals surface area contributed by atoms with Gasteiger partial charge in [0.05, 0.1) is 30.5 Å². The number of hydrogen-bond acceptors (Lipinski definition) is 6. The molecule has 0 N–H and O–H groups in total. The zero-order chi connectivity index (χ0) is 23.5. The van der Waals surface area contributed by atoms with Crippen LogP contribution in [0.1, 0.15) is 52.5 Å². The standard InChI is InChI=1S/C27H27NO5/c1-3-4-5-18-32-26(29)21-10-16-25(17-11-21)33-27(30)22-8-12-23(13-9-22)28-19-20-6-14-24(31-2)15-7-20/h6-17,19H,3-5,18H2,1-2H3. The molecule has 3 aromatic rings. The molecule has 0 aliphatic heterocycles. The lowest BCUT2D eigenvalue weighted by Gasteiger charge is -2.07. The van der Waals surface area contributed by atoms with Crippen LogP contribution in [0.15, 0.2) is 77.8 Å². The summed E-state index contributed by atoms with van der Waals surface area (Å²) in [6.45, 7) is 2.50. The van der Waals surface area contributed by atoms with Gasteiger partial charge in [0, 0.05) is 6.21 Å². The average Bonchev–Trinajstić information content (AvgIpc) is 2.86. The Hall–Kier alpha value is -3.93. The van der Waals surface area contributed by atoms with Crippen LogP contribution in [0, 0.1) is 0 Å². The zero-order valence-electron chi connectivity index (χ0n) is 18.8. The van der Waals surface area contributed by atoms with Crippen molar-refractivity contribution in [3.8, 4) is 11.5 Å². The van der Waals surface area contributed by atoms with Gasteiger partial charge in [0.1, 0.15) is 11.5 Å². The first kappa shape index (κ1) is 23.7. The minimum absolute atomic E-state index is 0.351. The molecule has 6 heteroatoms. The van der Waals surface area contributed by atoms with Crippen molar-refractivity contribution in [2.75, 3.05) is 13.7 Å². The van der Waals surface area contributed by atoms with Crippen LogP contribution in [0.5, 0.6) is 11.5 Å². The summed E-state index contributed by atoms with van der Waals surface area (Å²) in [4.78, 5) is 28.9. The summed E-state index contributed by atoms with van der Waals surface area (Å²) in [5.74, 6) is 0.265. The molecule has 33 heavy (non-hydrogen) atoms. The highest BCUT2D eigenvalue weighted by atomic mass is 16.5. The van der Waals surface area contributed by atoms with Gasteiger partial charge in [-0.15, -0.1) is 0 Å². The van der Waals surface area contributed by atoms with Crippen molar-refractivity contribution < 1.29 is 23.8 Å². The number of carbonyl (C=O) groups is 2. The molecular weight excluding hydrogens is 418 g/mol. The van der Waals surface area contributed by atoms with E-state index in [-0.39, 0.29) is 5.97 Å². The molecule has 0 aliphatic carbocycles. The Bertz CT molecular complexity index is 1070. The smallest absolute Gasteiger partial charge is 0.343 e. The molecule has 0 bridgehead atoms. The quantitative estimate of drug-likeness (QED) is 0.165. The minimum Gasteiger partial charge on any atom is -0.497 e. The Morgan fingerprint density at radius 1 is 0.788 bits per heavy atom. The number of esters is 2. The molecule has 170 valence electrons. The van der Waals surface area contributed by atoms with Crippen LogP contribution in [0.25, 0.3) is 0 Å². The van der Waals surface area contributed by atoms with E-state index in [9.17, 15) is 9.59 Å². The maximum atomic E-state index is 12.4. The van der Waals surface area contributed by atoms with Gasteiger partial charge in [0.2, 0.25) is 0 Å². The van der Waals surface area contributed by atoms with E-state index in [0.717, 1.165) is 30.6 Å². The Morgan fingerprint density at radius 2 is 1.39 bits per heavy atom. The number of rotatable bonds is 10. The van der Waals surface area contributed by atoms with Gasteiger partial charge in [-0.05, 0) is 84.8 Å². The molecule has 0 spiro atoms. The van der Waals surface area contributed by atoms with E-state index in [4.69, 9.17) is 14.2 Å². The number of unbranched alkanes of at least 4 members (excludes halogenated alkanes) is 2. The summed E-state index contributed by atoms with van der Waals surface area (Å²) in [6, 6.07) is 20.7. The maximum Gasteiger partial charge on any atom is 0.343 e. The molecule has 0 radical (unpaired) electrons. The second kappa shape index (κ2) is 12.2. The molecule has 0 saturated heterocycles. The summed E-state index contributed by atoms with van der Waals surface area (Å²) in [7, 11) is 1.62. The van der Waals surface area contributed by atoms with Crippen molar-refractivity contribution in [3.63, 3.8) is 0 Å². The fraction of sp³-hybridized carbons (Fsp3) is 0.222. The maximum absolute atomic E-state index is 12.4. The van der Waals surface area contributed by atoms with Crippen molar-refractivity contribution in [1.29, 1.82) is 0 Å². The molecule has 6 nitrogen and oxygen atoms in total. The average molecular weight is 446 g/mol. The van der Waals surface area contributed by atoms with Crippen molar-refractivity contribution in [2.45, 2.75) is 26.2 Å². The van der Waals surface area contributed by atoms with Crippen molar-refractivity contribution in [1.82, 2.24) is 0 Å². The third-order valence-corrected chi connectivity index (χ3v) is 4.86. The van der Waals surface area contributed by atoms with Gasteiger partial charge in [0.25, 0.3) is 0 Å². The van der Waals surface area contributed by atoms with E-state index < -0.39 is 5.97 Å². The predicted molar refractivity (Wildman–Crippen MR) is 128 cm³/mol. The van der Waals surface area contributed by atoms with Crippen molar-refractivity contribution in [3.05, 3.63) is 89.5 Å². The molecule has 0 amide bonds. The summed E-state index contributed by atoms with van der Waals surface area (Å²) < 4.78 is 15.8. The lowest BCUT2D eigenvalue weighted by atomic mass is 10.2. The molecule has 0 saturated carbocycles. The van der Waals surface area contributed by atoms with Gasteiger partial charge in [-0.25, -0.2) is 9.59 Å². The molecule has 3 aromatic carbocycles. The molecule has 0 unspecified atom stereocenters. The van der Waals surface area contributed by atoms with Gasteiger partial charge in [-0.3, -0.25) is 4.99 Å². The topological polar surface area (TPSA) is 74.2 Å².